The minimum Gasteiger partial charge on any atom is -0.463 e. The lowest BCUT2D eigenvalue weighted by Gasteiger charge is -2.26. The third kappa shape index (κ3) is 27.4. The fraction of sp³-hybridized carbons (Fsp3) is 0.955. The van der Waals surface area contributed by atoms with E-state index in [4.69, 9.17) is 18.9 Å². The molecule has 8 heteroatoms. The smallest absolute Gasteiger partial charge is 0.305 e. The largest absolute Gasteiger partial charge is 0.463 e. The topological polar surface area (TPSA) is 86.3 Å². The summed E-state index contributed by atoms with van der Waals surface area (Å²) in [7, 11) is 1.67. The maximum atomic E-state index is 13.6. The molecular weight excluding hydrogens is 652 g/mol. The average Bonchev–Trinajstić information content (AvgIpc) is 3.54. The Labute approximate surface area is 322 Å². The summed E-state index contributed by atoms with van der Waals surface area (Å²) in [6, 6.07) is -0.554. The highest BCUT2D eigenvalue weighted by atomic mass is 16.6. The van der Waals surface area contributed by atoms with Crippen molar-refractivity contribution in [3.05, 3.63) is 0 Å². The first kappa shape index (κ1) is 48.8. The Morgan fingerprint density at radius 2 is 0.981 bits per heavy atom. The number of esters is 1. The Hall–Kier alpha value is -1.22. The molecule has 1 rings (SSSR count). The number of unbranched alkanes of at least 4 members (excludes halogenated alkanes) is 24. The molecule has 0 aliphatic carbocycles. The van der Waals surface area contributed by atoms with E-state index in [1.807, 2.05) is 0 Å². The van der Waals surface area contributed by atoms with E-state index >= 15 is 0 Å². The second-order valence-electron chi connectivity index (χ2n) is 15.5. The summed E-state index contributed by atoms with van der Waals surface area (Å²) in [6.45, 7) is 10.1. The monoisotopic (exact) mass is 739 g/mol. The molecule has 1 unspecified atom stereocenters. The first-order chi connectivity index (χ1) is 25.6. The van der Waals surface area contributed by atoms with Gasteiger partial charge in [-0.2, -0.15) is 0 Å². The molecule has 1 amide bonds. The van der Waals surface area contributed by atoms with E-state index in [-0.39, 0.29) is 30.7 Å². The second kappa shape index (κ2) is 36.7. The normalized spacial score (nSPS) is 16.8. The van der Waals surface area contributed by atoms with Gasteiger partial charge in [-0.05, 0) is 19.3 Å². The molecule has 1 heterocycles. The quantitative estimate of drug-likeness (QED) is 0.0496. The number of amides is 1. The number of likely N-dealkylation sites (tertiary alicyclic amines) is 1. The maximum absolute atomic E-state index is 13.6. The highest BCUT2D eigenvalue weighted by Crippen LogP contribution is 2.21. The van der Waals surface area contributed by atoms with Crippen LogP contribution in [0.1, 0.15) is 201 Å². The van der Waals surface area contributed by atoms with Gasteiger partial charge >= 0.3 is 5.97 Å². The fourth-order valence-corrected chi connectivity index (χ4v) is 7.25. The highest BCUT2D eigenvalue weighted by Gasteiger charge is 2.40. The van der Waals surface area contributed by atoms with Gasteiger partial charge in [-0.1, -0.05) is 175 Å². The van der Waals surface area contributed by atoms with E-state index in [2.05, 4.69) is 31.0 Å². The van der Waals surface area contributed by atoms with Crippen molar-refractivity contribution >= 4 is 11.9 Å². The van der Waals surface area contributed by atoms with E-state index in [0.717, 1.165) is 32.1 Å². The number of methoxy groups -OCH3 is 1. The molecule has 1 saturated heterocycles. The van der Waals surface area contributed by atoms with Crippen LogP contribution in [0.3, 0.4) is 0 Å². The molecule has 0 aromatic heterocycles. The Bertz CT molecular complexity index is 799. The highest BCUT2D eigenvalue weighted by molar-refractivity contribution is 5.82. The zero-order valence-electron chi connectivity index (χ0n) is 34.9. The van der Waals surface area contributed by atoms with Crippen LogP contribution in [0.5, 0.6) is 0 Å². The molecule has 1 N–H and O–H groups in total. The lowest BCUT2D eigenvalue weighted by Crippen LogP contribution is -2.49. The number of rotatable bonds is 39. The van der Waals surface area contributed by atoms with Crippen molar-refractivity contribution in [2.24, 2.45) is 0 Å². The van der Waals surface area contributed by atoms with Gasteiger partial charge in [-0.3, -0.25) is 14.5 Å². The van der Waals surface area contributed by atoms with Crippen LogP contribution >= 0.6 is 0 Å². The Balaban J connectivity index is 2.43. The SMILES string of the molecule is CCCCCCCCCCCCCCCCNC(=O)C(COC(=O)CCCCCCCCCCCCCC)N1C[C@H](OCCC)[C@H](OCCOC)C1. The average molecular weight is 739 g/mol. The van der Waals surface area contributed by atoms with Crippen molar-refractivity contribution in [3.63, 3.8) is 0 Å². The second-order valence-corrected chi connectivity index (χ2v) is 15.5. The Kier molecular flexibility index (Phi) is 34.5. The summed E-state index contributed by atoms with van der Waals surface area (Å²) < 4.78 is 23.2. The van der Waals surface area contributed by atoms with Crippen LogP contribution in [0, 0.1) is 0 Å². The van der Waals surface area contributed by atoms with Crippen molar-refractivity contribution < 1.29 is 28.5 Å². The van der Waals surface area contributed by atoms with E-state index < -0.39 is 6.04 Å². The molecule has 0 saturated carbocycles. The molecule has 1 aliphatic rings. The lowest BCUT2D eigenvalue weighted by molar-refractivity contribution is -0.147. The predicted molar refractivity (Wildman–Crippen MR) is 217 cm³/mol. The van der Waals surface area contributed by atoms with Crippen LogP contribution < -0.4 is 5.32 Å². The number of hydrogen-bond donors (Lipinski definition) is 1. The Morgan fingerprint density at radius 1 is 0.558 bits per heavy atom. The van der Waals surface area contributed by atoms with Gasteiger partial charge < -0.3 is 24.3 Å². The number of ether oxygens (including phenoxy) is 4. The van der Waals surface area contributed by atoms with Crippen LogP contribution in [0.2, 0.25) is 0 Å². The van der Waals surface area contributed by atoms with Crippen molar-refractivity contribution in [2.45, 2.75) is 219 Å². The standard InChI is InChI=1S/C44H86N2O6/c1-5-8-10-12-14-16-18-20-21-23-25-27-29-31-33-45-44(48)40(46-37-41(50-34-7-3)42(38-46)51-36-35-49-4)39-52-43(47)32-30-28-26-24-22-19-17-15-13-11-9-6-2/h40-42H,5-39H2,1-4H3,(H,45,48)/t40?,41-,42+/m0/s1. The zero-order valence-corrected chi connectivity index (χ0v) is 34.9. The van der Waals surface area contributed by atoms with Crippen LogP contribution in [-0.4, -0.2) is 88.2 Å². The summed E-state index contributed by atoms with van der Waals surface area (Å²) in [6.07, 6.45) is 34.5. The molecule has 0 aromatic carbocycles. The number of nitrogens with one attached hydrogen (secondary N) is 1. The molecule has 0 bridgehead atoms. The molecule has 52 heavy (non-hydrogen) atoms. The van der Waals surface area contributed by atoms with Gasteiger partial charge in [0, 0.05) is 39.8 Å². The fourth-order valence-electron chi connectivity index (χ4n) is 7.25. The minimum atomic E-state index is -0.554. The molecule has 0 aromatic rings. The number of carbonyl (C=O) groups is 2. The van der Waals surface area contributed by atoms with Gasteiger partial charge in [0.15, 0.2) is 0 Å². The molecule has 1 aliphatic heterocycles. The third-order valence-electron chi connectivity index (χ3n) is 10.6. The van der Waals surface area contributed by atoms with E-state index in [9.17, 15) is 9.59 Å². The van der Waals surface area contributed by atoms with Crippen LogP contribution in [0.25, 0.3) is 0 Å². The number of hydrogen-bond acceptors (Lipinski definition) is 7. The Morgan fingerprint density at radius 3 is 1.42 bits per heavy atom. The first-order valence-electron chi connectivity index (χ1n) is 22.5. The first-order valence-corrected chi connectivity index (χ1v) is 22.5. The number of nitrogens with zero attached hydrogens (tertiary/aromatic N) is 1. The van der Waals surface area contributed by atoms with Crippen molar-refractivity contribution in [2.75, 3.05) is 53.2 Å². The van der Waals surface area contributed by atoms with E-state index in [0.29, 0.717) is 45.9 Å². The van der Waals surface area contributed by atoms with Crippen LogP contribution in [0.15, 0.2) is 0 Å². The lowest BCUT2D eigenvalue weighted by atomic mass is 10.0. The molecule has 3 atom stereocenters. The van der Waals surface area contributed by atoms with Crippen LogP contribution in [-0.2, 0) is 28.5 Å². The molecule has 308 valence electrons. The molecule has 8 nitrogen and oxygen atoms in total. The minimum absolute atomic E-state index is 0.0625. The number of carbonyl (C=O) groups excluding carboxylic acids is 2. The van der Waals surface area contributed by atoms with Gasteiger partial charge in [-0.15, -0.1) is 0 Å². The van der Waals surface area contributed by atoms with Crippen molar-refractivity contribution in [1.82, 2.24) is 10.2 Å². The van der Waals surface area contributed by atoms with Gasteiger partial charge in [0.2, 0.25) is 5.91 Å². The summed E-state index contributed by atoms with van der Waals surface area (Å²) in [5, 5.41) is 3.17. The van der Waals surface area contributed by atoms with Crippen LogP contribution in [0.4, 0.5) is 0 Å². The van der Waals surface area contributed by atoms with Gasteiger partial charge in [0.25, 0.3) is 0 Å². The summed E-state index contributed by atoms with van der Waals surface area (Å²) in [5.41, 5.74) is 0. The molecule has 0 radical (unpaired) electrons. The summed E-state index contributed by atoms with van der Waals surface area (Å²) >= 11 is 0. The van der Waals surface area contributed by atoms with Crippen molar-refractivity contribution in [1.29, 1.82) is 0 Å². The van der Waals surface area contributed by atoms with Gasteiger partial charge in [0.05, 0.1) is 25.4 Å². The summed E-state index contributed by atoms with van der Waals surface area (Å²) in [4.78, 5) is 28.5. The summed E-state index contributed by atoms with van der Waals surface area (Å²) in [5.74, 6) is -0.276. The van der Waals surface area contributed by atoms with Gasteiger partial charge in [-0.25, -0.2) is 0 Å². The third-order valence-corrected chi connectivity index (χ3v) is 10.6. The maximum Gasteiger partial charge on any atom is 0.305 e. The van der Waals surface area contributed by atoms with Gasteiger partial charge in [0.1, 0.15) is 12.6 Å². The molecule has 1 fully saturated rings. The van der Waals surface area contributed by atoms with Crippen molar-refractivity contribution in [3.8, 4) is 0 Å². The van der Waals surface area contributed by atoms with E-state index in [1.54, 1.807) is 7.11 Å². The van der Waals surface area contributed by atoms with E-state index in [1.165, 1.54) is 141 Å². The molecule has 0 spiro atoms. The molecular formula is C44H86N2O6. The zero-order chi connectivity index (χ0) is 37.7. The predicted octanol–water partition coefficient (Wildman–Crippen LogP) is 10.7.